The van der Waals surface area contributed by atoms with Crippen LogP contribution in [0.3, 0.4) is 0 Å². The first kappa shape index (κ1) is 27.7. The number of benzene rings is 3. The maximum Gasteiger partial charge on any atom is 0.276 e. The molecule has 6 nitrogen and oxygen atoms in total. The third kappa shape index (κ3) is 5.83. The van der Waals surface area contributed by atoms with Crippen LogP contribution >= 0.6 is 23.1 Å². The van der Waals surface area contributed by atoms with Crippen LogP contribution in [0.5, 0.6) is 5.75 Å². The molecule has 0 atom stereocenters. The van der Waals surface area contributed by atoms with Crippen molar-refractivity contribution in [3.63, 3.8) is 0 Å². The van der Waals surface area contributed by atoms with E-state index < -0.39 is 0 Å². The van der Waals surface area contributed by atoms with Gasteiger partial charge < -0.3 is 10.1 Å². The highest BCUT2D eigenvalue weighted by atomic mass is 32.2. The number of carbonyl (C=O) groups excluding carboxylic acids is 1. The highest BCUT2D eigenvalue weighted by Gasteiger charge is 2.19. The number of fused-ring (bicyclic) bond motifs is 1. The third-order valence-corrected chi connectivity index (χ3v) is 8.78. The van der Waals surface area contributed by atoms with Crippen molar-refractivity contribution in [2.24, 2.45) is 0 Å². The predicted octanol–water partition coefficient (Wildman–Crippen LogP) is 7.42. The number of aromatic nitrogens is 2. The maximum atomic E-state index is 14.0. The lowest BCUT2D eigenvalue weighted by atomic mass is 10.1. The van der Waals surface area contributed by atoms with Gasteiger partial charge in [-0.2, -0.15) is 0 Å². The van der Waals surface area contributed by atoms with Gasteiger partial charge in [0.2, 0.25) is 5.91 Å². The molecule has 2 aromatic heterocycles. The Bertz CT molecular complexity index is 1740. The summed E-state index contributed by atoms with van der Waals surface area (Å²) in [6.45, 7) is 8.65. The van der Waals surface area contributed by atoms with Crippen LogP contribution in [0.2, 0.25) is 0 Å². The quantitative estimate of drug-likeness (QED) is 0.148. The number of hydrogen-bond acceptors (Lipinski definition) is 6. The molecular weight excluding hydrogens is 539 g/mol. The van der Waals surface area contributed by atoms with E-state index in [2.05, 4.69) is 12.2 Å². The van der Waals surface area contributed by atoms with Crippen LogP contribution in [0.1, 0.15) is 30.5 Å². The van der Waals surface area contributed by atoms with Crippen LogP contribution < -0.4 is 15.6 Å². The average molecular weight is 570 g/mol. The van der Waals surface area contributed by atoms with Gasteiger partial charge in [0.05, 0.1) is 23.6 Å². The third-order valence-electron chi connectivity index (χ3n) is 6.70. The molecule has 5 aromatic rings. The summed E-state index contributed by atoms with van der Waals surface area (Å²) in [6, 6.07) is 23.5. The Hall–Kier alpha value is -3.88. The summed E-state index contributed by atoms with van der Waals surface area (Å²) < 4.78 is 8.01. The molecule has 0 fully saturated rings. The molecular formula is C32H31N3O3S2. The number of ether oxygens (including phenoxy) is 1. The zero-order chi connectivity index (χ0) is 28.2. The molecule has 0 aliphatic carbocycles. The van der Waals surface area contributed by atoms with E-state index in [1.165, 1.54) is 34.2 Å². The molecule has 2 heterocycles. The van der Waals surface area contributed by atoms with E-state index in [1.807, 2.05) is 93.6 Å². The second-order valence-electron chi connectivity index (χ2n) is 9.45. The number of thioether (sulfide) groups is 1. The van der Waals surface area contributed by atoms with Gasteiger partial charge in [0.25, 0.3) is 5.56 Å². The average Bonchev–Trinajstić information content (AvgIpc) is 3.39. The van der Waals surface area contributed by atoms with E-state index in [0.717, 1.165) is 39.5 Å². The van der Waals surface area contributed by atoms with Crippen molar-refractivity contribution in [3.8, 4) is 21.9 Å². The van der Waals surface area contributed by atoms with Crippen molar-refractivity contribution in [1.82, 2.24) is 9.55 Å². The topological polar surface area (TPSA) is 73.2 Å². The molecule has 0 radical (unpaired) electrons. The second-order valence-corrected chi connectivity index (χ2v) is 11.4. The number of aryl methyl sites for hydroxylation is 3. The normalized spacial score (nSPS) is 11.1. The summed E-state index contributed by atoms with van der Waals surface area (Å²) in [4.78, 5) is 32.6. The van der Waals surface area contributed by atoms with E-state index in [1.54, 1.807) is 4.57 Å². The Morgan fingerprint density at radius 2 is 1.77 bits per heavy atom. The smallest absolute Gasteiger partial charge is 0.276 e. The number of hydrogen-bond donors (Lipinski definition) is 1. The summed E-state index contributed by atoms with van der Waals surface area (Å²) in [5.41, 5.74) is 6.30. The molecule has 0 saturated carbocycles. The summed E-state index contributed by atoms with van der Waals surface area (Å²) in [5, 5.41) is 3.44. The number of nitrogens with one attached hydrogen (secondary N) is 1. The molecule has 3 aromatic carbocycles. The number of rotatable bonds is 9. The van der Waals surface area contributed by atoms with Crippen molar-refractivity contribution in [1.29, 1.82) is 0 Å². The number of amides is 1. The van der Waals surface area contributed by atoms with Gasteiger partial charge in [-0.3, -0.25) is 14.2 Å². The predicted molar refractivity (Wildman–Crippen MR) is 166 cm³/mol. The fraction of sp³-hybridized carbons (Fsp3) is 0.219. The van der Waals surface area contributed by atoms with Crippen molar-refractivity contribution in [2.45, 2.75) is 39.3 Å². The minimum atomic E-state index is -0.160. The second kappa shape index (κ2) is 12.1. The first-order chi connectivity index (χ1) is 19.4. The summed E-state index contributed by atoms with van der Waals surface area (Å²) >= 11 is 2.66. The fourth-order valence-electron chi connectivity index (χ4n) is 4.40. The van der Waals surface area contributed by atoms with E-state index in [9.17, 15) is 9.59 Å². The largest absolute Gasteiger partial charge is 0.493 e. The molecule has 0 bridgehead atoms. The maximum absolute atomic E-state index is 14.0. The highest BCUT2D eigenvalue weighted by molar-refractivity contribution is 7.99. The van der Waals surface area contributed by atoms with Gasteiger partial charge in [0, 0.05) is 16.1 Å². The van der Waals surface area contributed by atoms with Crippen LogP contribution in [0.25, 0.3) is 26.3 Å². The molecule has 5 rings (SSSR count). The highest BCUT2D eigenvalue weighted by Crippen LogP contribution is 2.37. The first-order valence-electron chi connectivity index (χ1n) is 13.3. The number of anilines is 1. The fourth-order valence-corrected chi connectivity index (χ4v) is 6.26. The van der Waals surface area contributed by atoms with Gasteiger partial charge in [0.15, 0.2) is 5.16 Å². The van der Waals surface area contributed by atoms with E-state index in [0.29, 0.717) is 22.0 Å². The van der Waals surface area contributed by atoms with Crippen LogP contribution in [-0.2, 0) is 11.2 Å². The molecule has 8 heteroatoms. The van der Waals surface area contributed by atoms with E-state index >= 15 is 0 Å². The van der Waals surface area contributed by atoms with Crippen LogP contribution in [0.4, 0.5) is 5.69 Å². The first-order valence-corrected chi connectivity index (χ1v) is 15.1. The Kier molecular flexibility index (Phi) is 8.38. The Morgan fingerprint density at radius 1 is 1.00 bits per heavy atom. The zero-order valence-electron chi connectivity index (χ0n) is 23.0. The number of thiophene rings is 1. The van der Waals surface area contributed by atoms with Gasteiger partial charge in [-0.1, -0.05) is 49.0 Å². The van der Waals surface area contributed by atoms with Crippen LogP contribution in [0, 0.1) is 13.8 Å². The van der Waals surface area contributed by atoms with Crippen LogP contribution in [-0.4, -0.2) is 27.8 Å². The number of nitrogens with zero attached hydrogens (tertiary/aromatic N) is 2. The van der Waals surface area contributed by atoms with Crippen molar-refractivity contribution in [3.05, 3.63) is 99.8 Å². The lowest BCUT2D eigenvalue weighted by molar-refractivity contribution is -0.113. The summed E-state index contributed by atoms with van der Waals surface area (Å²) in [5.74, 6) is 0.721. The van der Waals surface area contributed by atoms with Crippen molar-refractivity contribution >= 4 is 44.9 Å². The lowest BCUT2D eigenvalue weighted by Gasteiger charge is -2.13. The Morgan fingerprint density at radius 3 is 2.50 bits per heavy atom. The SMILES string of the molecule is CCOc1ccccc1-c1cc2nc(SCC(=O)Nc3ccc(C)c(C)c3)n(-c3ccc(CC)cc3)c(=O)c2s1. The van der Waals surface area contributed by atoms with E-state index in [-0.39, 0.29) is 17.2 Å². The van der Waals surface area contributed by atoms with Gasteiger partial charge in [0.1, 0.15) is 10.4 Å². The van der Waals surface area contributed by atoms with Gasteiger partial charge in [-0.05, 0) is 86.3 Å². The minimum Gasteiger partial charge on any atom is -0.493 e. The zero-order valence-corrected chi connectivity index (χ0v) is 24.6. The Balaban J connectivity index is 1.53. The molecule has 1 amide bonds. The molecule has 1 N–H and O–H groups in total. The number of para-hydroxylation sites is 1. The van der Waals surface area contributed by atoms with Gasteiger partial charge in [-0.15, -0.1) is 11.3 Å². The summed E-state index contributed by atoms with van der Waals surface area (Å²) in [7, 11) is 0. The molecule has 0 saturated heterocycles. The van der Waals surface area contributed by atoms with Crippen molar-refractivity contribution in [2.75, 3.05) is 17.7 Å². The molecule has 0 aliphatic heterocycles. The molecule has 0 aliphatic rings. The monoisotopic (exact) mass is 569 g/mol. The summed E-state index contributed by atoms with van der Waals surface area (Å²) in [6.07, 6.45) is 0.903. The van der Waals surface area contributed by atoms with E-state index in [4.69, 9.17) is 9.72 Å². The standard InChI is InChI=1S/C32H31N3O3S2/c1-5-22-12-15-24(16-13-22)35-31(37)30-26(18-28(40-30)25-9-7-8-10-27(25)38-6-2)34-32(35)39-19-29(36)33-23-14-11-20(3)21(4)17-23/h7-18H,5-6,19H2,1-4H3,(H,33,36). The molecule has 40 heavy (non-hydrogen) atoms. The van der Waals surface area contributed by atoms with Crippen LogP contribution in [0.15, 0.2) is 82.7 Å². The molecule has 0 spiro atoms. The molecule has 204 valence electrons. The van der Waals surface area contributed by atoms with Gasteiger partial charge >= 0.3 is 0 Å². The lowest BCUT2D eigenvalue weighted by Crippen LogP contribution is -2.22. The van der Waals surface area contributed by atoms with Gasteiger partial charge in [-0.25, -0.2) is 4.98 Å². The Labute approximate surface area is 242 Å². The number of carbonyl (C=O) groups is 1. The van der Waals surface area contributed by atoms with Crippen molar-refractivity contribution < 1.29 is 9.53 Å². The minimum absolute atomic E-state index is 0.113. The molecule has 0 unspecified atom stereocenters.